The molecular formula is C8H10O3. The molecule has 2 aliphatic heterocycles. The zero-order valence-electron chi connectivity index (χ0n) is 6.06. The predicted octanol–water partition coefficient (Wildman–Crippen LogP) is 0.0964. The maximum atomic E-state index is 11.0. The average molecular weight is 154 g/mol. The SMILES string of the molecule is O=C1OC2C=CC1C(CO)C2. The van der Waals surface area contributed by atoms with Crippen molar-refractivity contribution in [3.63, 3.8) is 0 Å². The van der Waals surface area contributed by atoms with Crippen LogP contribution in [0.1, 0.15) is 6.42 Å². The third-order valence-electron chi connectivity index (χ3n) is 2.35. The molecule has 0 aromatic heterocycles. The molecule has 3 aliphatic rings. The molecule has 3 atom stereocenters. The van der Waals surface area contributed by atoms with E-state index < -0.39 is 0 Å². The number of ether oxygens (including phenoxy) is 1. The second-order valence-corrected chi connectivity index (χ2v) is 3.06. The van der Waals surface area contributed by atoms with Gasteiger partial charge in [0.1, 0.15) is 6.10 Å². The van der Waals surface area contributed by atoms with Crippen molar-refractivity contribution >= 4 is 5.97 Å². The van der Waals surface area contributed by atoms with Crippen LogP contribution in [-0.4, -0.2) is 23.8 Å². The number of rotatable bonds is 1. The smallest absolute Gasteiger partial charge is 0.313 e. The Hall–Kier alpha value is -0.830. The van der Waals surface area contributed by atoms with Crippen LogP contribution in [0.15, 0.2) is 12.2 Å². The molecule has 0 saturated carbocycles. The van der Waals surface area contributed by atoms with Gasteiger partial charge in [-0.15, -0.1) is 0 Å². The highest BCUT2D eigenvalue weighted by molar-refractivity contribution is 5.77. The van der Waals surface area contributed by atoms with Crippen molar-refractivity contribution in [3.8, 4) is 0 Å². The van der Waals surface area contributed by atoms with Crippen molar-refractivity contribution < 1.29 is 14.6 Å². The molecule has 60 valence electrons. The second kappa shape index (κ2) is 2.34. The van der Waals surface area contributed by atoms with Crippen LogP contribution in [0.25, 0.3) is 0 Å². The fraction of sp³-hybridized carbons (Fsp3) is 0.625. The van der Waals surface area contributed by atoms with Gasteiger partial charge in [-0.2, -0.15) is 0 Å². The molecule has 3 heteroatoms. The summed E-state index contributed by atoms with van der Waals surface area (Å²) in [7, 11) is 0. The van der Waals surface area contributed by atoms with E-state index >= 15 is 0 Å². The molecule has 1 N–H and O–H groups in total. The van der Waals surface area contributed by atoms with Crippen molar-refractivity contribution in [2.45, 2.75) is 12.5 Å². The average Bonchev–Trinajstić information content (AvgIpc) is 2.04. The lowest BCUT2D eigenvalue weighted by Gasteiger charge is -2.35. The van der Waals surface area contributed by atoms with E-state index in [0.717, 1.165) is 6.42 Å². The molecule has 2 heterocycles. The van der Waals surface area contributed by atoms with E-state index in [1.165, 1.54) is 0 Å². The van der Waals surface area contributed by atoms with Gasteiger partial charge in [-0.1, -0.05) is 6.08 Å². The van der Waals surface area contributed by atoms with Gasteiger partial charge < -0.3 is 9.84 Å². The number of carbonyl (C=O) groups is 1. The molecule has 1 fully saturated rings. The summed E-state index contributed by atoms with van der Waals surface area (Å²) in [6.45, 7) is 0.0839. The highest BCUT2D eigenvalue weighted by Crippen LogP contribution is 2.32. The number of hydrogen-bond donors (Lipinski definition) is 1. The van der Waals surface area contributed by atoms with Crippen LogP contribution in [0.2, 0.25) is 0 Å². The second-order valence-electron chi connectivity index (χ2n) is 3.06. The molecule has 0 radical (unpaired) electrons. The van der Waals surface area contributed by atoms with Crippen LogP contribution in [0, 0.1) is 11.8 Å². The van der Waals surface area contributed by atoms with Gasteiger partial charge >= 0.3 is 5.97 Å². The fourth-order valence-corrected chi connectivity index (χ4v) is 1.70. The van der Waals surface area contributed by atoms with Crippen molar-refractivity contribution in [3.05, 3.63) is 12.2 Å². The molecule has 0 aromatic rings. The van der Waals surface area contributed by atoms with Crippen LogP contribution in [0.5, 0.6) is 0 Å². The monoisotopic (exact) mass is 154 g/mol. The fourth-order valence-electron chi connectivity index (χ4n) is 1.70. The molecule has 3 unspecified atom stereocenters. The van der Waals surface area contributed by atoms with Crippen LogP contribution < -0.4 is 0 Å². The van der Waals surface area contributed by atoms with E-state index in [0.29, 0.717) is 0 Å². The van der Waals surface area contributed by atoms with Crippen LogP contribution in [0.3, 0.4) is 0 Å². The van der Waals surface area contributed by atoms with Crippen molar-refractivity contribution in [2.75, 3.05) is 6.61 Å². The number of esters is 1. The quantitative estimate of drug-likeness (QED) is 0.430. The van der Waals surface area contributed by atoms with Gasteiger partial charge in [0.15, 0.2) is 0 Å². The summed E-state index contributed by atoms with van der Waals surface area (Å²) < 4.78 is 4.98. The summed E-state index contributed by atoms with van der Waals surface area (Å²) in [5.74, 6) is -0.279. The van der Waals surface area contributed by atoms with E-state index in [4.69, 9.17) is 9.84 Å². The van der Waals surface area contributed by atoms with Crippen molar-refractivity contribution in [2.24, 2.45) is 11.8 Å². The van der Waals surface area contributed by atoms with Crippen LogP contribution in [0.4, 0.5) is 0 Å². The van der Waals surface area contributed by atoms with Gasteiger partial charge in [0.25, 0.3) is 0 Å². The Bertz CT molecular complexity index is 209. The molecule has 2 bridgehead atoms. The first-order chi connectivity index (χ1) is 5.31. The Kier molecular flexibility index (Phi) is 1.46. The number of aliphatic hydroxyl groups excluding tert-OH is 1. The highest BCUT2D eigenvalue weighted by Gasteiger charge is 2.39. The third-order valence-corrected chi connectivity index (χ3v) is 2.35. The first kappa shape index (κ1) is 6.85. The van der Waals surface area contributed by atoms with Crippen LogP contribution >= 0.6 is 0 Å². The Labute approximate surface area is 64.7 Å². The minimum atomic E-state index is -0.190. The van der Waals surface area contributed by atoms with Gasteiger partial charge in [0.05, 0.1) is 5.92 Å². The molecule has 3 nitrogen and oxygen atoms in total. The van der Waals surface area contributed by atoms with Gasteiger partial charge in [-0.3, -0.25) is 4.79 Å². The number of carbonyl (C=O) groups excluding carboxylic acids is 1. The molecular weight excluding hydrogens is 144 g/mol. The molecule has 11 heavy (non-hydrogen) atoms. The lowest BCUT2D eigenvalue weighted by atomic mass is 9.81. The molecule has 0 amide bonds. The first-order valence-electron chi connectivity index (χ1n) is 3.81. The standard InChI is InChI=1S/C8H10O3/c9-4-5-3-6-1-2-7(5)8(10)11-6/h1-2,5-7,9H,3-4H2. The van der Waals surface area contributed by atoms with E-state index in [9.17, 15) is 4.79 Å². The van der Waals surface area contributed by atoms with Gasteiger partial charge in [0, 0.05) is 12.5 Å². The van der Waals surface area contributed by atoms with Gasteiger partial charge in [0.2, 0.25) is 0 Å². The summed E-state index contributed by atoms with van der Waals surface area (Å²) in [6, 6.07) is 0. The number of aliphatic hydroxyl groups is 1. The maximum Gasteiger partial charge on any atom is 0.313 e. The zero-order valence-corrected chi connectivity index (χ0v) is 6.06. The third kappa shape index (κ3) is 0.959. The minimum Gasteiger partial charge on any atom is -0.458 e. The lowest BCUT2D eigenvalue weighted by Crippen LogP contribution is -2.41. The van der Waals surface area contributed by atoms with Crippen LogP contribution in [-0.2, 0) is 9.53 Å². The summed E-state index contributed by atoms with van der Waals surface area (Å²) >= 11 is 0. The molecule has 1 aliphatic carbocycles. The Balaban J connectivity index is 2.23. The van der Waals surface area contributed by atoms with E-state index in [1.807, 2.05) is 12.2 Å². The highest BCUT2D eigenvalue weighted by atomic mass is 16.5. The Morgan fingerprint density at radius 1 is 1.64 bits per heavy atom. The Morgan fingerprint density at radius 2 is 2.45 bits per heavy atom. The molecule has 0 spiro atoms. The summed E-state index contributed by atoms with van der Waals surface area (Å²) in [5, 5.41) is 8.89. The number of fused-ring (bicyclic) bond motifs is 2. The van der Waals surface area contributed by atoms with E-state index in [1.54, 1.807) is 0 Å². The number of hydrogen-bond acceptors (Lipinski definition) is 3. The predicted molar refractivity (Wildman–Crippen MR) is 37.7 cm³/mol. The lowest BCUT2D eigenvalue weighted by molar-refractivity contribution is -0.162. The molecule has 3 rings (SSSR count). The molecule has 0 aromatic carbocycles. The largest absolute Gasteiger partial charge is 0.458 e. The van der Waals surface area contributed by atoms with Gasteiger partial charge in [-0.05, 0) is 12.5 Å². The maximum absolute atomic E-state index is 11.0. The van der Waals surface area contributed by atoms with E-state index in [-0.39, 0.29) is 30.5 Å². The first-order valence-corrected chi connectivity index (χ1v) is 3.81. The summed E-state index contributed by atoms with van der Waals surface area (Å²) in [5.41, 5.74) is 0. The topological polar surface area (TPSA) is 46.5 Å². The van der Waals surface area contributed by atoms with Crippen molar-refractivity contribution in [1.82, 2.24) is 0 Å². The minimum absolute atomic E-state index is 0.0790. The Morgan fingerprint density at radius 3 is 2.91 bits per heavy atom. The van der Waals surface area contributed by atoms with Crippen molar-refractivity contribution in [1.29, 1.82) is 0 Å². The van der Waals surface area contributed by atoms with Gasteiger partial charge in [-0.25, -0.2) is 0 Å². The van der Waals surface area contributed by atoms with E-state index in [2.05, 4.69) is 0 Å². The molecule has 1 saturated heterocycles. The summed E-state index contributed by atoms with van der Waals surface area (Å²) in [6.07, 6.45) is 4.45. The zero-order chi connectivity index (χ0) is 7.84. The normalized spacial score (nSPS) is 40.8. The summed E-state index contributed by atoms with van der Waals surface area (Å²) in [4.78, 5) is 11.0.